The van der Waals surface area contributed by atoms with Gasteiger partial charge in [-0.3, -0.25) is 0 Å². The Labute approximate surface area is 125 Å². The highest BCUT2D eigenvalue weighted by Gasteiger charge is 2.33. The zero-order valence-electron chi connectivity index (χ0n) is 14.8. The second-order valence-electron chi connectivity index (χ2n) is 8.47. The van der Waals surface area contributed by atoms with Crippen LogP contribution in [0.4, 0.5) is 0 Å². The van der Waals surface area contributed by atoms with Crippen molar-refractivity contribution in [1.82, 2.24) is 0 Å². The summed E-state index contributed by atoms with van der Waals surface area (Å²) < 4.78 is 5.39. The van der Waals surface area contributed by atoms with E-state index in [-0.39, 0.29) is 11.5 Å². The third kappa shape index (κ3) is 7.98. The van der Waals surface area contributed by atoms with Gasteiger partial charge in [0.1, 0.15) is 0 Å². The lowest BCUT2D eigenvalue weighted by atomic mass is 9.71. The molecule has 3 unspecified atom stereocenters. The number of methoxy groups -OCH3 is 1. The van der Waals surface area contributed by atoms with Gasteiger partial charge in [0, 0.05) is 13.7 Å². The van der Waals surface area contributed by atoms with Gasteiger partial charge in [-0.05, 0) is 48.9 Å². The van der Waals surface area contributed by atoms with Crippen LogP contribution in [0.3, 0.4) is 0 Å². The fourth-order valence-electron chi connectivity index (χ4n) is 2.85. The summed E-state index contributed by atoms with van der Waals surface area (Å²) in [6.45, 7) is 16.1. The summed E-state index contributed by atoms with van der Waals surface area (Å²) in [6, 6.07) is -0.135. The van der Waals surface area contributed by atoms with E-state index in [1.807, 2.05) is 6.92 Å². The Morgan fingerprint density at radius 1 is 1.10 bits per heavy atom. The molecule has 0 aromatic rings. The summed E-state index contributed by atoms with van der Waals surface area (Å²) in [6.07, 6.45) is 3.34. The minimum Gasteiger partial charge on any atom is -0.384 e. The van der Waals surface area contributed by atoms with Crippen molar-refractivity contribution in [3.8, 4) is 0 Å². The highest BCUT2D eigenvalue weighted by Crippen LogP contribution is 2.37. The zero-order chi connectivity index (χ0) is 16.0. The fourth-order valence-corrected chi connectivity index (χ4v) is 2.85. The van der Waals surface area contributed by atoms with Crippen LogP contribution in [-0.4, -0.2) is 19.8 Å². The molecule has 0 saturated heterocycles. The second kappa shape index (κ2) is 8.11. The largest absolute Gasteiger partial charge is 0.384 e. The van der Waals surface area contributed by atoms with Crippen LogP contribution in [0.1, 0.15) is 67.7 Å². The zero-order valence-corrected chi connectivity index (χ0v) is 14.8. The predicted molar refractivity (Wildman–Crippen MR) is 86.9 cm³/mol. The SMILES string of the molecule is COCC(CCC(C)(C)C)CC(C(C)N=O)C(C)(C)C. The molecular formula is C17H35NO2. The van der Waals surface area contributed by atoms with E-state index in [9.17, 15) is 4.91 Å². The van der Waals surface area contributed by atoms with Crippen molar-refractivity contribution in [2.24, 2.45) is 27.8 Å². The van der Waals surface area contributed by atoms with E-state index in [2.05, 4.69) is 46.7 Å². The minimum atomic E-state index is -0.135. The Balaban J connectivity index is 4.78. The smallest absolute Gasteiger partial charge is 0.0924 e. The van der Waals surface area contributed by atoms with Crippen molar-refractivity contribution in [3.05, 3.63) is 4.91 Å². The Morgan fingerprint density at radius 2 is 1.65 bits per heavy atom. The lowest BCUT2D eigenvalue weighted by molar-refractivity contribution is 0.0942. The number of nitroso groups, excluding NO2 is 1. The molecule has 0 aliphatic carbocycles. The first-order valence-electron chi connectivity index (χ1n) is 7.82. The molecule has 0 radical (unpaired) electrons. The van der Waals surface area contributed by atoms with Crippen LogP contribution in [0.2, 0.25) is 0 Å². The average molecular weight is 285 g/mol. The second-order valence-corrected chi connectivity index (χ2v) is 8.47. The van der Waals surface area contributed by atoms with E-state index in [1.54, 1.807) is 7.11 Å². The van der Waals surface area contributed by atoms with E-state index in [0.29, 0.717) is 17.3 Å². The van der Waals surface area contributed by atoms with Gasteiger partial charge in [0.2, 0.25) is 0 Å². The molecule has 0 saturated carbocycles. The monoisotopic (exact) mass is 285 g/mol. The maximum atomic E-state index is 11.0. The van der Waals surface area contributed by atoms with Gasteiger partial charge in [0.15, 0.2) is 0 Å². The van der Waals surface area contributed by atoms with Gasteiger partial charge in [0.25, 0.3) is 0 Å². The molecule has 20 heavy (non-hydrogen) atoms. The molecule has 0 N–H and O–H groups in total. The van der Waals surface area contributed by atoms with Gasteiger partial charge in [-0.2, -0.15) is 4.91 Å². The Hall–Kier alpha value is -0.440. The van der Waals surface area contributed by atoms with Crippen molar-refractivity contribution in [3.63, 3.8) is 0 Å². The Morgan fingerprint density at radius 3 is 2.00 bits per heavy atom. The van der Waals surface area contributed by atoms with Crippen LogP contribution in [0, 0.1) is 27.6 Å². The van der Waals surface area contributed by atoms with Crippen LogP contribution in [0.25, 0.3) is 0 Å². The van der Waals surface area contributed by atoms with Crippen LogP contribution < -0.4 is 0 Å². The third-order valence-electron chi connectivity index (χ3n) is 4.15. The van der Waals surface area contributed by atoms with E-state index < -0.39 is 0 Å². The molecule has 3 atom stereocenters. The molecule has 0 fully saturated rings. The van der Waals surface area contributed by atoms with Gasteiger partial charge in [-0.25, -0.2) is 0 Å². The standard InChI is InChI=1S/C17H35NO2/c1-13(18-19)15(17(5,6)7)11-14(12-20-8)9-10-16(2,3)4/h13-15H,9-12H2,1-8H3. The molecule has 120 valence electrons. The maximum Gasteiger partial charge on any atom is 0.0924 e. The summed E-state index contributed by atoms with van der Waals surface area (Å²) in [5, 5.41) is 3.29. The molecule has 0 aliphatic heterocycles. The first kappa shape index (κ1) is 19.6. The van der Waals surface area contributed by atoms with E-state index in [1.165, 1.54) is 6.42 Å². The summed E-state index contributed by atoms with van der Waals surface area (Å²) in [5.74, 6) is 0.813. The van der Waals surface area contributed by atoms with Gasteiger partial charge in [-0.15, -0.1) is 0 Å². The molecule has 0 bridgehead atoms. The molecule has 0 aromatic heterocycles. The van der Waals surface area contributed by atoms with Crippen LogP contribution >= 0.6 is 0 Å². The number of rotatable bonds is 8. The molecule has 0 aliphatic rings. The minimum absolute atomic E-state index is 0.0983. The van der Waals surface area contributed by atoms with E-state index in [4.69, 9.17) is 4.74 Å². The topological polar surface area (TPSA) is 38.7 Å². The average Bonchev–Trinajstić information content (AvgIpc) is 2.29. The Kier molecular flexibility index (Phi) is 7.93. The highest BCUT2D eigenvalue weighted by atomic mass is 16.5. The van der Waals surface area contributed by atoms with Crippen molar-refractivity contribution in [2.45, 2.75) is 73.8 Å². The first-order chi connectivity index (χ1) is 9.01. The molecule has 0 amide bonds. The maximum absolute atomic E-state index is 11.0. The first-order valence-corrected chi connectivity index (χ1v) is 7.82. The summed E-state index contributed by atoms with van der Waals surface area (Å²) in [4.78, 5) is 11.0. The normalized spacial score (nSPS) is 17.6. The van der Waals surface area contributed by atoms with Crippen molar-refractivity contribution in [2.75, 3.05) is 13.7 Å². The molecule has 0 spiro atoms. The molecule has 3 nitrogen and oxygen atoms in total. The third-order valence-corrected chi connectivity index (χ3v) is 4.15. The van der Waals surface area contributed by atoms with Gasteiger partial charge in [0.05, 0.1) is 6.04 Å². The number of ether oxygens (including phenoxy) is 1. The van der Waals surface area contributed by atoms with E-state index in [0.717, 1.165) is 19.4 Å². The molecular weight excluding hydrogens is 250 g/mol. The van der Waals surface area contributed by atoms with Crippen molar-refractivity contribution in [1.29, 1.82) is 0 Å². The molecule has 0 aromatic carbocycles. The lowest BCUT2D eigenvalue weighted by Crippen LogP contribution is -2.32. The van der Waals surface area contributed by atoms with Gasteiger partial charge >= 0.3 is 0 Å². The van der Waals surface area contributed by atoms with Crippen molar-refractivity contribution >= 4 is 0 Å². The quantitative estimate of drug-likeness (QED) is 0.569. The summed E-state index contributed by atoms with van der Waals surface area (Å²) in [7, 11) is 1.76. The number of hydrogen-bond acceptors (Lipinski definition) is 3. The van der Waals surface area contributed by atoms with Gasteiger partial charge < -0.3 is 4.74 Å². The Bertz CT molecular complexity index is 276. The van der Waals surface area contributed by atoms with Crippen LogP contribution in [0.15, 0.2) is 5.18 Å². The predicted octanol–water partition coefficient (Wildman–Crippen LogP) is 5.28. The highest BCUT2D eigenvalue weighted by molar-refractivity contribution is 4.84. The van der Waals surface area contributed by atoms with Crippen molar-refractivity contribution < 1.29 is 4.74 Å². The van der Waals surface area contributed by atoms with E-state index >= 15 is 0 Å². The molecule has 3 heteroatoms. The summed E-state index contributed by atoms with van der Waals surface area (Å²) in [5.41, 5.74) is 0.443. The van der Waals surface area contributed by atoms with Crippen LogP contribution in [-0.2, 0) is 4.74 Å². The fraction of sp³-hybridized carbons (Fsp3) is 1.00. The number of nitrogens with zero attached hydrogens (tertiary/aromatic N) is 1. The van der Waals surface area contributed by atoms with Crippen LogP contribution in [0.5, 0.6) is 0 Å². The molecule has 0 rings (SSSR count). The molecule has 0 heterocycles. The number of hydrogen-bond donors (Lipinski definition) is 0. The lowest BCUT2D eigenvalue weighted by Gasteiger charge is -2.35. The van der Waals surface area contributed by atoms with Gasteiger partial charge in [-0.1, -0.05) is 46.7 Å². The summed E-state index contributed by atoms with van der Waals surface area (Å²) >= 11 is 0.